The van der Waals surface area contributed by atoms with Crippen molar-refractivity contribution in [3.05, 3.63) is 29.3 Å². The van der Waals surface area contributed by atoms with Crippen molar-refractivity contribution in [3.63, 3.8) is 0 Å². The lowest BCUT2D eigenvalue weighted by atomic mass is 9.83. The summed E-state index contributed by atoms with van der Waals surface area (Å²) in [6, 6.07) is 5.41. The predicted octanol–water partition coefficient (Wildman–Crippen LogP) is 1.06. The maximum absolute atomic E-state index is 11.5. The Hall–Kier alpha value is -1.84. The molecule has 0 aromatic heterocycles. The van der Waals surface area contributed by atoms with Crippen LogP contribution in [0.4, 0.5) is 0 Å². The van der Waals surface area contributed by atoms with E-state index in [0.29, 0.717) is 5.75 Å². The molecule has 1 aromatic carbocycles. The van der Waals surface area contributed by atoms with E-state index in [4.69, 9.17) is 9.84 Å². The zero-order chi connectivity index (χ0) is 11.7. The Bertz CT molecular complexity index is 450. The molecule has 4 heteroatoms. The molecule has 0 spiro atoms. The van der Waals surface area contributed by atoms with Gasteiger partial charge in [0.15, 0.2) is 5.78 Å². The van der Waals surface area contributed by atoms with Crippen LogP contribution in [0.5, 0.6) is 5.75 Å². The van der Waals surface area contributed by atoms with Crippen molar-refractivity contribution in [2.45, 2.75) is 12.8 Å². The van der Waals surface area contributed by atoms with Crippen molar-refractivity contribution < 1.29 is 19.4 Å². The average molecular weight is 220 g/mol. The second-order valence-corrected chi connectivity index (χ2v) is 3.87. The number of ether oxygens (including phenoxy) is 1. The van der Waals surface area contributed by atoms with Crippen molar-refractivity contribution in [2.75, 3.05) is 7.11 Å². The van der Waals surface area contributed by atoms with Crippen LogP contribution in [0.2, 0.25) is 0 Å². The molecule has 1 atom stereocenters. The van der Waals surface area contributed by atoms with Crippen LogP contribution in [0.15, 0.2) is 18.2 Å². The SMILES string of the molecule is COc1ccc2c(c1)CC(C(=O)O)C(=O)C2. The minimum Gasteiger partial charge on any atom is -0.497 e. The van der Waals surface area contributed by atoms with Gasteiger partial charge in [0.1, 0.15) is 11.7 Å². The lowest BCUT2D eigenvalue weighted by Crippen LogP contribution is -2.31. The molecule has 0 amide bonds. The van der Waals surface area contributed by atoms with E-state index in [1.165, 1.54) is 0 Å². The van der Waals surface area contributed by atoms with Crippen molar-refractivity contribution in [1.29, 1.82) is 0 Å². The first-order chi connectivity index (χ1) is 7.61. The van der Waals surface area contributed by atoms with Gasteiger partial charge in [-0.2, -0.15) is 0 Å². The Balaban J connectivity index is 2.36. The molecule has 0 radical (unpaired) electrons. The topological polar surface area (TPSA) is 63.6 Å². The summed E-state index contributed by atoms with van der Waals surface area (Å²) < 4.78 is 5.07. The molecule has 0 saturated carbocycles. The molecule has 16 heavy (non-hydrogen) atoms. The minimum absolute atomic E-state index is 0.205. The molecule has 1 unspecified atom stereocenters. The van der Waals surface area contributed by atoms with Gasteiger partial charge >= 0.3 is 5.97 Å². The Morgan fingerprint density at radius 2 is 2.19 bits per heavy atom. The van der Waals surface area contributed by atoms with Gasteiger partial charge in [-0.15, -0.1) is 0 Å². The van der Waals surface area contributed by atoms with E-state index >= 15 is 0 Å². The van der Waals surface area contributed by atoms with E-state index in [-0.39, 0.29) is 18.6 Å². The lowest BCUT2D eigenvalue weighted by Gasteiger charge is -2.20. The van der Waals surface area contributed by atoms with Crippen molar-refractivity contribution in [2.24, 2.45) is 5.92 Å². The Morgan fingerprint density at radius 1 is 1.44 bits per heavy atom. The van der Waals surface area contributed by atoms with Crippen LogP contribution in [0.3, 0.4) is 0 Å². The van der Waals surface area contributed by atoms with Crippen molar-refractivity contribution in [3.8, 4) is 5.75 Å². The first-order valence-electron chi connectivity index (χ1n) is 5.03. The summed E-state index contributed by atoms with van der Waals surface area (Å²) in [5.74, 6) is -1.47. The van der Waals surface area contributed by atoms with Crippen molar-refractivity contribution in [1.82, 2.24) is 0 Å². The van der Waals surface area contributed by atoms with Gasteiger partial charge < -0.3 is 9.84 Å². The number of hydrogen-bond donors (Lipinski definition) is 1. The van der Waals surface area contributed by atoms with Gasteiger partial charge in [0, 0.05) is 6.42 Å². The molecule has 0 aliphatic heterocycles. The number of hydrogen-bond acceptors (Lipinski definition) is 3. The lowest BCUT2D eigenvalue weighted by molar-refractivity contribution is -0.146. The van der Waals surface area contributed by atoms with E-state index in [0.717, 1.165) is 11.1 Å². The number of fused-ring (bicyclic) bond motifs is 1. The van der Waals surface area contributed by atoms with Crippen LogP contribution >= 0.6 is 0 Å². The molecule has 2 rings (SSSR count). The number of rotatable bonds is 2. The minimum atomic E-state index is -1.04. The predicted molar refractivity (Wildman–Crippen MR) is 56.5 cm³/mol. The zero-order valence-corrected chi connectivity index (χ0v) is 8.90. The fourth-order valence-electron chi connectivity index (χ4n) is 1.96. The third kappa shape index (κ3) is 1.78. The van der Waals surface area contributed by atoms with E-state index in [9.17, 15) is 9.59 Å². The second kappa shape index (κ2) is 3.96. The molecule has 1 aliphatic carbocycles. The number of ketones is 1. The summed E-state index contributed by atoms with van der Waals surface area (Å²) >= 11 is 0. The normalized spacial score (nSPS) is 19.1. The number of carboxylic acid groups (broad SMARTS) is 1. The fraction of sp³-hybridized carbons (Fsp3) is 0.333. The highest BCUT2D eigenvalue weighted by molar-refractivity contribution is 6.00. The van der Waals surface area contributed by atoms with E-state index in [1.807, 2.05) is 6.07 Å². The quantitative estimate of drug-likeness (QED) is 0.757. The number of benzene rings is 1. The molecule has 0 fully saturated rings. The van der Waals surface area contributed by atoms with E-state index < -0.39 is 11.9 Å². The molecular formula is C12H12O4. The number of carbonyl (C=O) groups is 2. The maximum Gasteiger partial charge on any atom is 0.314 e. The highest BCUT2D eigenvalue weighted by atomic mass is 16.5. The summed E-state index contributed by atoms with van der Waals surface area (Å²) in [5.41, 5.74) is 1.80. The second-order valence-electron chi connectivity index (χ2n) is 3.87. The van der Waals surface area contributed by atoms with Crippen LogP contribution in [-0.4, -0.2) is 24.0 Å². The van der Waals surface area contributed by atoms with Gasteiger partial charge in [-0.25, -0.2) is 0 Å². The molecule has 84 valence electrons. The number of methoxy groups -OCH3 is 1. The monoisotopic (exact) mass is 220 g/mol. The molecule has 0 heterocycles. The molecule has 1 aliphatic rings. The third-order valence-electron chi connectivity index (χ3n) is 2.89. The largest absolute Gasteiger partial charge is 0.497 e. The highest BCUT2D eigenvalue weighted by Gasteiger charge is 2.31. The van der Waals surface area contributed by atoms with E-state index in [2.05, 4.69) is 0 Å². The molecule has 1 aromatic rings. The summed E-state index contributed by atoms with van der Waals surface area (Å²) in [7, 11) is 1.56. The number of aliphatic carboxylic acids is 1. The van der Waals surface area contributed by atoms with Gasteiger partial charge in [-0.1, -0.05) is 6.07 Å². The van der Waals surface area contributed by atoms with Gasteiger partial charge in [-0.3, -0.25) is 9.59 Å². The first kappa shape index (κ1) is 10.7. The zero-order valence-electron chi connectivity index (χ0n) is 8.90. The number of carbonyl (C=O) groups excluding carboxylic acids is 1. The summed E-state index contributed by atoms with van der Waals surface area (Å²) in [6.07, 6.45) is 0.469. The molecule has 4 nitrogen and oxygen atoms in total. The standard InChI is InChI=1S/C12H12O4/c1-16-9-3-2-7-6-11(13)10(12(14)15)5-8(7)4-9/h2-4,10H,5-6H2,1H3,(H,14,15). The summed E-state index contributed by atoms with van der Waals surface area (Å²) in [4.78, 5) is 22.4. The number of Topliss-reactive ketones (excluding diaryl/α,β-unsaturated/α-hetero) is 1. The molecule has 0 bridgehead atoms. The van der Waals surface area contributed by atoms with Crippen molar-refractivity contribution >= 4 is 11.8 Å². The first-order valence-corrected chi connectivity index (χ1v) is 5.03. The van der Waals surface area contributed by atoms with Crippen LogP contribution in [0.25, 0.3) is 0 Å². The molecule has 0 saturated heterocycles. The van der Waals surface area contributed by atoms with Crippen LogP contribution < -0.4 is 4.74 Å². The summed E-state index contributed by atoms with van der Waals surface area (Å²) in [6.45, 7) is 0. The van der Waals surface area contributed by atoms with Crippen LogP contribution in [0, 0.1) is 5.92 Å². The van der Waals surface area contributed by atoms with Gasteiger partial charge in [0.2, 0.25) is 0 Å². The highest BCUT2D eigenvalue weighted by Crippen LogP contribution is 2.26. The summed E-state index contributed by atoms with van der Waals surface area (Å²) in [5, 5.41) is 8.91. The van der Waals surface area contributed by atoms with Crippen LogP contribution in [-0.2, 0) is 22.4 Å². The molecular weight excluding hydrogens is 208 g/mol. The Kier molecular flexibility index (Phi) is 2.64. The smallest absolute Gasteiger partial charge is 0.314 e. The van der Waals surface area contributed by atoms with Crippen LogP contribution in [0.1, 0.15) is 11.1 Å². The fourth-order valence-corrected chi connectivity index (χ4v) is 1.96. The van der Waals surface area contributed by atoms with Gasteiger partial charge in [-0.05, 0) is 29.7 Å². The number of carboxylic acids is 1. The molecule has 1 N–H and O–H groups in total. The van der Waals surface area contributed by atoms with Gasteiger partial charge in [0.25, 0.3) is 0 Å². The average Bonchev–Trinajstić information content (AvgIpc) is 2.27. The Labute approximate surface area is 92.8 Å². The maximum atomic E-state index is 11.5. The van der Waals surface area contributed by atoms with E-state index in [1.54, 1.807) is 19.2 Å². The Morgan fingerprint density at radius 3 is 2.81 bits per heavy atom. The van der Waals surface area contributed by atoms with Gasteiger partial charge in [0.05, 0.1) is 7.11 Å². The third-order valence-corrected chi connectivity index (χ3v) is 2.89.